The highest BCUT2D eigenvalue weighted by Crippen LogP contribution is 2.11. The van der Waals surface area contributed by atoms with Gasteiger partial charge in [0.1, 0.15) is 0 Å². The lowest BCUT2D eigenvalue weighted by Crippen LogP contribution is -2.12. The number of carbonyl (C=O) groups is 1. The van der Waals surface area contributed by atoms with Crippen molar-refractivity contribution in [3.8, 4) is 0 Å². The molecule has 0 saturated carbocycles. The number of nitrogens with two attached hydrogens (primary N) is 1. The van der Waals surface area contributed by atoms with Crippen LogP contribution < -0.4 is 5.73 Å². The Bertz CT molecular complexity index is 310. The summed E-state index contributed by atoms with van der Waals surface area (Å²) in [5, 5.41) is 8.68. The highest BCUT2D eigenvalue weighted by Gasteiger charge is 2.10. The molecule has 0 aliphatic heterocycles. The van der Waals surface area contributed by atoms with Crippen molar-refractivity contribution in [2.24, 2.45) is 5.92 Å². The van der Waals surface area contributed by atoms with E-state index in [2.05, 4.69) is 0 Å². The Morgan fingerprint density at radius 3 is 2.85 bits per heavy atom. The molecule has 70 valence electrons. The molecule has 0 heterocycles. The maximum absolute atomic E-state index is 10.6. The summed E-state index contributed by atoms with van der Waals surface area (Å²) in [6.45, 7) is 1.69. The second kappa shape index (κ2) is 3.94. The molecular weight excluding hydrogens is 166 g/mol. The number of hydrogen-bond donors (Lipinski definition) is 2. The predicted molar refractivity (Wildman–Crippen MR) is 51.4 cm³/mol. The van der Waals surface area contributed by atoms with Crippen LogP contribution in [0.1, 0.15) is 12.5 Å². The van der Waals surface area contributed by atoms with Crippen LogP contribution in [0.2, 0.25) is 0 Å². The SMILES string of the molecule is C[C@@H](Cc1cccc(N)c1)C(=O)O. The third-order valence-corrected chi connectivity index (χ3v) is 1.91. The molecule has 0 aliphatic carbocycles. The van der Waals surface area contributed by atoms with Gasteiger partial charge in [0.05, 0.1) is 5.92 Å². The summed E-state index contributed by atoms with van der Waals surface area (Å²) >= 11 is 0. The molecule has 3 nitrogen and oxygen atoms in total. The molecule has 0 aromatic heterocycles. The Labute approximate surface area is 77.2 Å². The first-order valence-electron chi connectivity index (χ1n) is 4.17. The number of anilines is 1. The van der Waals surface area contributed by atoms with Gasteiger partial charge in [0, 0.05) is 5.69 Å². The van der Waals surface area contributed by atoms with Crippen LogP contribution in [0.15, 0.2) is 24.3 Å². The molecule has 0 aliphatic rings. The minimum atomic E-state index is -0.776. The molecule has 3 heteroatoms. The van der Waals surface area contributed by atoms with E-state index in [0.29, 0.717) is 12.1 Å². The Balaban J connectivity index is 2.69. The Morgan fingerprint density at radius 1 is 1.62 bits per heavy atom. The van der Waals surface area contributed by atoms with Crippen molar-refractivity contribution < 1.29 is 9.90 Å². The van der Waals surface area contributed by atoms with E-state index in [-0.39, 0.29) is 5.92 Å². The van der Waals surface area contributed by atoms with Crippen molar-refractivity contribution in [2.45, 2.75) is 13.3 Å². The minimum absolute atomic E-state index is 0.359. The summed E-state index contributed by atoms with van der Waals surface area (Å²) < 4.78 is 0. The molecule has 0 bridgehead atoms. The molecular formula is C10H13NO2. The summed E-state index contributed by atoms with van der Waals surface area (Å²) in [7, 11) is 0. The van der Waals surface area contributed by atoms with E-state index in [4.69, 9.17) is 10.8 Å². The number of benzene rings is 1. The summed E-state index contributed by atoms with van der Waals surface area (Å²) in [5.74, 6) is -1.13. The third kappa shape index (κ3) is 2.78. The summed E-state index contributed by atoms with van der Waals surface area (Å²) in [5.41, 5.74) is 7.21. The largest absolute Gasteiger partial charge is 0.481 e. The molecule has 1 aromatic carbocycles. The number of rotatable bonds is 3. The monoisotopic (exact) mass is 179 g/mol. The second-order valence-corrected chi connectivity index (χ2v) is 3.19. The van der Waals surface area contributed by atoms with E-state index in [1.165, 1.54) is 0 Å². The van der Waals surface area contributed by atoms with E-state index in [1.807, 2.05) is 12.1 Å². The predicted octanol–water partition coefficient (Wildman–Crippen LogP) is 1.53. The maximum atomic E-state index is 10.6. The molecule has 1 rings (SSSR count). The fourth-order valence-electron chi connectivity index (χ4n) is 1.16. The van der Waals surface area contributed by atoms with Gasteiger partial charge in [0.25, 0.3) is 0 Å². The molecule has 0 fully saturated rings. The Morgan fingerprint density at radius 2 is 2.31 bits per heavy atom. The van der Waals surface area contributed by atoms with Crippen molar-refractivity contribution in [1.82, 2.24) is 0 Å². The topological polar surface area (TPSA) is 63.3 Å². The van der Waals surface area contributed by atoms with E-state index < -0.39 is 5.97 Å². The van der Waals surface area contributed by atoms with Crippen molar-refractivity contribution in [1.29, 1.82) is 0 Å². The molecule has 0 unspecified atom stereocenters. The van der Waals surface area contributed by atoms with Crippen LogP contribution >= 0.6 is 0 Å². The molecule has 1 aromatic rings. The van der Waals surface area contributed by atoms with Gasteiger partial charge in [-0.15, -0.1) is 0 Å². The summed E-state index contributed by atoms with van der Waals surface area (Å²) in [4.78, 5) is 10.6. The first-order valence-corrected chi connectivity index (χ1v) is 4.17. The number of nitrogen functional groups attached to an aromatic ring is 1. The second-order valence-electron chi connectivity index (χ2n) is 3.19. The van der Waals surface area contributed by atoms with Gasteiger partial charge in [0.15, 0.2) is 0 Å². The maximum Gasteiger partial charge on any atom is 0.306 e. The van der Waals surface area contributed by atoms with Gasteiger partial charge in [-0.25, -0.2) is 0 Å². The average molecular weight is 179 g/mol. The zero-order valence-corrected chi connectivity index (χ0v) is 7.53. The van der Waals surface area contributed by atoms with E-state index in [9.17, 15) is 4.79 Å². The van der Waals surface area contributed by atoms with E-state index in [1.54, 1.807) is 19.1 Å². The first-order chi connectivity index (χ1) is 6.09. The minimum Gasteiger partial charge on any atom is -0.481 e. The number of carboxylic acids is 1. The normalized spacial score (nSPS) is 12.4. The van der Waals surface area contributed by atoms with Crippen molar-refractivity contribution in [2.75, 3.05) is 5.73 Å². The fourth-order valence-corrected chi connectivity index (χ4v) is 1.16. The summed E-state index contributed by atoms with van der Waals surface area (Å²) in [6.07, 6.45) is 0.528. The van der Waals surface area contributed by atoms with Crippen LogP contribution in [-0.4, -0.2) is 11.1 Å². The van der Waals surface area contributed by atoms with Crippen molar-refractivity contribution >= 4 is 11.7 Å². The third-order valence-electron chi connectivity index (χ3n) is 1.91. The highest BCUT2D eigenvalue weighted by atomic mass is 16.4. The van der Waals surface area contributed by atoms with Gasteiger partial charge in [-0.3, -0.25) is 4.79 Å². The van der Waals surface area contributed by atoms with Crippen LogP contribution in [0.5, 0.6) is 0 Å². The molecule has 13 heavy (non-hydrogen) atoms. The number of hydrogen-bond acceptors (Lipinski definition) is 2. The average Bonchev–Trinajstić information content (AvgIpc) is 2.04. The van der Waals surface area contributed by atoms with Gasteiger partial charge in [-0.1, -0.05) is 19.1 Å². The number of carboxylic acid groups (broad SMARTS) is 1. The van der Waals surface area contributed by atoms with Crippen molar-refractivity contribution in [3.05, 3.63) is 29.8 Å². The molecule has 3 N–H and O–H groups in total. The van der Waals surface area contributed by atoms with Crippen LogP contribution in [0, 0.1) is 5.92 Å². The lowest BCUT2D eigenvalue weighted by molar-refractivity contribution is -0.141. The van der Waals surface area contributed by atoms with Crippen LogP contribution in [-0.2, 0) is 11.2 Å². The van der Waals surface area contributed by atoms with Crippen LogP contribution in [0.4, 0.5) is 5.69 Å². The van der Waals surface area contributed by atoms with E-state index >= 15 is 0 Å². The molecule has 0 radical (unpaired) electrons. The zero-order chi connectivity index (χ0) is 9.84. The van der Waals surface area contributed by atoms with Gasteiger partial charge >= 0.3 is 5.97 Å². The lowest BCUT2D eigenvalue weighted by atomic mass is 10.0. The lowest BCUT2D eigenvalue weighted by Gasteiger charge is -2.06. The quantitative estimate of drug-likeness (QED) is 0.691. The molecule has 0 saturated heterocycles. The van der Waals surface area contributed by atoms with Gasteiger partial charge in [-0.05, 0) is 24.1 Å². The fraction of sp³-hybridized carbons (Fsp3) is 0.300. The highest BCUT2D eigenvalue weighted by molar-refractivity contribution is 5.70. The zero-order valence-electron chi connectivity index (χ0n) is 7.53. The molecule has 1 atom stereocenters. The summed E-state index contributed by atoms with van der Waals surface area (Å²) in [6, 6.07) is 7.31. The van der Waals surface area contributed by atoms with Crippen molar-refractivity contribution in [3.63, 3.8) is 0 Å². The van der Waals surface area contributed by atoms with Crippen LogP contribution in [0.25, 0.3) is 0 Å². The van der Waals surface area contributed by atoms with E-state index in [0.717, 1.165) is 5.56 Å². The smallest absolute Gasteiger partial charge is 0.306 e. The number of aliphatic carboxylic acids is 1. The van der Waals surface area contributed by atoms with Gasteiger partial charge < -0.3 is 10.8 Å². The molecule has 0 spiro atoms. The Hall–Kier alpha value is -1.51. The Kier molecular flexibility index (Phi) is 2.90. The standard InChI is InChI=1S/C10H13NO2/c1-7(10(12)13)5-8-3-2-4-9(11)6-8/h2-4,6-7H,5,11H2,1H3,(H,12,13)/t7-/m0/s1. The van der Waals surface area contributed by atoms with Crippen LogP contribution in [0.3, 0.4) is 0 Å². The molecule has 0 amide bonds. The van der Waals surface area contributed by atoms with Gasteiger partial charge in [0.2, 0.25) is 0 Å². The van der Waals surface area contributed by atoms with Gasteiger partial charge in [-0.2, -0.15) is 0 Å². The first kappa shape index (κ1) is 9.58.